The van der Waals surface area contributed by atoms with Gasteiger partial charge in [-0.25, -0.2) is 0 Å². The first kappa shape index (κ1) is 14.4. The van der Waals surface area contributed by atoms with Gasteiger partial charge in [-0.1, -0.05) is 0 Å². The maximum atomic E-state index is 12.2. The number of hydrogen-bond acceptors (Lipinski definition) is 6. The van der Waals surface area contributed by atoms with Crippen molar-refractivity contribution in [3.8, 4) is 5.88 Å². The van der Waals surface area contributed by atoms with E-state index in [4.69, 9.17) is 9.15 Å². The monoisotopic (exact) mass is 302 g/mol. The summed E-state index contributed by atoms with van der Waals surface area (Å²) in [6.07, 6.45) is 6.31. The fraction of sp³-hybridized carbons (Fsp3) is 0.400. The predicted octanol–water partition coefficient (Wildman–Crippen LogP) is 1.43. The van der Waals surface area contributed by atoms with Crippen LogP contribution in [0.2, 0.25) is 0 Å². The Bertz CT molecular complexity index is 621. The molecule has 22 heavy (non-hydrogen) atoms. The van der Waals surface area contributed by atoms with Crippen LogP contribution in [-0.2, 0) is 0 Å². The SMILES string of the molecule is CCOc1cncc(N2CCN(C(=O)c3ccoc3)CC2)n1. The molecule has 3 heterocycles. The highest BCUT2D eigenvalue weighted by Crippen LogP contribution is 2.17. The van der Waals surface area contributed by atoms with Crippen LogP contribution in [0.4, 0.5) is 5.82 Å². The summed E-state index contributed by atoms with van der Waals surface area (Å²) < 4.78 is 10.3. The minimum atomic E-state index is 0.00236. The van der Waals surface area contributed by atoms with Crippen molar-refractivity contribution in [3.05, 3.63) is 36.5 Å². The van der Waals surface area contributed by atoms with Gasteiger partial charge < -0.3 is 19.0 Å². The van der Waals surface area contributed by atoms with Gasteiger partial charge in [-0.15, -0.1) is 0 Å². The highest BCUT2D eigenvalue weighted by atomic mass is 16.5. The Morgan fingerprint density at radius 3 is 2.82 bits per heavy atom. The second kappa shape index (κ2) is 6.46. The van der Waals surface area contributed by atoms with Gasteiger partial charge in [-0.3, -0.25) is 9.78 Å². The van der Waals surface area contributed by atoms with Gasteiger partial charge in [0.15, 0.2) is 5.82 Å². The summed E-state index contributed by atoms with van der Waals surface area (Å²) >= 11 is 0. The molecule has 0 spiro atoms. The maximum absolute atomic E-state index is 12.2. The van der Waals surface area contributed by atoms with Crippen LogP contribution in [0.1, 0.15) is 17.3 Å². The lowest BCUT2D eigenvalue weighted by Gasteiger charge is -2.35. The third-order valence-corrected chi connectivity index (χ3v) is 3.55. The van der Waals surface area contributed by atoms with Crippen molar-refractivity contribution >= 4 is 11.7 Å². The van der Waals surface area contributed by atoms with Gasteiger partial charge >= 0.3 is 0 Å². The number of piperazine rings is 1. The molecule has 2 aromatic rings. The topological polar surface area (TPSA) is 71.7 Å². The largest absolute Gasteiger partial charge is 0.477 e. The van der Waals surface area contributed by atoms with Gasteiger partial charge in [-0.2, -0.15) is 4.98 Å². The van der Waals surface area contributed by atoms with Crippen LogP contribution >= 0.6 is 0 Å². The maximum Gasteiger partial charge on any atom is 0.257 e. The molecule has 2 aromatic heterocycles. The Kier molecular flexibility index (Phi) is 4.22. The lowest BCUT2D eigenvalue weighted by Crippen LogP contribution is -2.49. The fourth-order valence-electron chi connectivity index (χ4n) is 2.42. The third-order valence-electron chi connectivity index (χ3n) is 3.55. The summed E-state index contributed by atoms with van der Waals surface area (Å²) in [7, 11) is 0. The van der Waals surface area contributed by atoms with Gasteiger partial charge in [0, 0.05) is 26.2 Å². The van der Waals surface area contributed by atoms with E-state index in [0.717, 1.165) is 5.82 Å². The zero-order chi connectivity index (χ0) is 15.4. The van der Waals surface area contributed by atoms with E-state index in [1.165, 1.54) is 12.5 Å². The Labute approximate surface area is 128 Å². The van der Waals surface area contributed by atoms with Crippen molar-refractivity contribution in [2.24, 2.45) is 0 Å². The molecule has 7 heteroatoms. The molecule has 3 rings (SSSR count). The van der Waals surface area contributed by atoms with E-state index in [0.29, 0.717) is 44.2 Å². The number of carbonyl (C=O) groups is 1. The first-order valence-electron chi connectivity index (χ1n) is 7.29. The van der Waals surface area contributed by atoms with E-state index in [-0.39, 0.29) is 5.91 Å². The standard InChI is InChI=1S/C15H18N4O3/c1-2-22-14-10-16-9-13(17-14)18-4-6-19(7-5-18)15(20)12-3-8-21-11-12/h3,8-11H,2,4-7H2,1H3. The lowest BCUT2D eigenvalue weighted by atomic mass is 10.2. The molecule has 1 amide bonds. The van der Waals surface area contributed by atoms with Crippen LogP contribution in [0.25, 0.3) is 0 Å². The summed E-state index contributed by atoms with van der Waals surface area (Å²) in [6, 6.07) is 1.69. The number of amides is 1. The molecule has 116 valence electrons. The van der Waals surface area contributed by atoms with Crippen molar-refractivity contribution in [2.45, 2.75) is 6.92 Å². The average molecular weight is 302 g/mol. The highest BCUT2D eigenvalue weighted by Gasteiger charge is 2.23. The summed E-state index contributed by atoms with van der Waals surface area (Å²) in [5.74, 6) is 1.31. The fourth-order valence-corrected chi connectivity index (χ4v) is 2.42. The summed E-state index contributed by atoms with van der Waals surface area (Å²) in [6.45, 7) is 5.19. The van der Waals surface area contributed by atoms with Gasteiger partial charge in [-0.05, 0) is 13.0 Å². The Morgan fingerprint density at radius 1 is 1.32 bits per heavy atom. The van der Waals surface area contributed by atoms with Crippen molar-refractivity contribution in [1.82, 2.24) is 14.9 Å². The molecule has 0 atom stereocenters. The van der Waals surface area contributed by atoms with Gasteiger partial charge in [0.05, 0.1) is 30.8 Å². The van der Waals surface area contributed by atoms with E-state index in [2.05, 4.69) is 14.9 Å². The van der Waals surface area contributed by atoms with Crippen LogP contribution in [0, 0.1) is 0 Å². The second-order valence-electron chi connectivity index (χ2n) is 4.94. The second-order valence-corrected chi connectivity index (χ2v) is 4.94. The van der Waals surface area contributed by atoms with E-state index in [1.807, 2.05) is 11.8 Å². The lowest BCUT2D eigenvalue weighted by molar-refractivity contribution is 0.0745. The van der Waals surface area contributed by atoms with Gasteiger partial charge in [0.2, 0.25) is 5.88 Å². The summed E-state index contributed by atoms with van der Waals surface area (Å²) in [5, 5.41) is 0. The quantitative estimate of drug-likeness (QED) is 0.851. The molecule has 1 aliphatic heterocycles. The number of nitrogens with zero attached hydrogens (tertiary/aromatic N) is 4. The molecule has 0 unspecified atom stereocenters. The molecule has 0 bridgehead atoms. The number of anilines is 1. The third kappa shape index (κ3) is 3.03. The van der Waals surface area contributed by atoms with Crippen molar-refractivity contribution in [2.75, 3.05) is 37.7 Å². The normalized spacial score (nSPS) is 15.0. The summed E-state index contributed by atoms with van der Waals surface area (Å²) in [4.78, 5) is 24.7. The Balaban J connectivity index is 1.62. The first-order chi connectivity index (χ1) is 10.8. The number of aromatic nitrogens is 2. The number of ether oxygens (including phenoxy) is 1. The van der Waals surface area contributed by atoms with Crippen LogP contribution in [-0.4, -0.2) is 53.6 Å². The van der Waals surface area contributed by atoms with Crippen LogP contribution in [0.3, 0.4) is 0 Å². The zero-order valence-corrected chi connectivity index (χ0v) is 12.4. The predicted molar refractivity (Wildman–Crippen MR) is 80.0 cm³/mol. The minimum absolute atomic E-state index is 0.00236. The molecule has 1 fully saturated rings. The van der Waals surface area contributed by atoms with E-state index < -0.39 is 0 Å². The molecule has 0 aliphatic carbocycles. The molecule has 0 aromatic carbocycles. The Morgan fingerprint density at radius 2 is 2.14 bits per heavy atom. The van der Waals surface area contributed by atoms with Crippen LogP contribution < -0.4 is 9.64 Å². The van der Waals surface area contributed by atoms with Crippen LogP contribution in [0.15, 0.2) is 35.4 Å². The van der Waals surface area contributed by atoms with E-state index >= 15 is 0 Å². The zero-order valence-electron chi connectivity index (χ0n) is 12.4. The summed E-state index contributed by atoms with van der Waals surface area (Å²) in [5.41, 5.74) is 0.589. The smallest absolute Gasteiger partial charge is 0.257 e. The van der Waals surface area contributed by atoms with Crippen molar-refractivity contribution in [1.29, 1.82) is 0 Å². The molecule has 1 saturated heterocycles. The average Bonchev–Trinajstić information content (AvgIpc) is 3.09. The van der Waals surface area contributed by atoms with Crippen molar-refractivity contribution in [3.63, 3.8) is 0 Å². The number of rotatable bonds is 4. The number of hydrogen-bond donors (Lipinski definition) is 0. The van der Waals surface area contributed by atoms with Gasteiger partial charge in [0.1, 0.15) is 6.26 Å². The van der Waals surface area contributed by atoms with E-state index in [1.54, 1.807) is 18.5 Å². The minimum Gasteiger partial charge on any atom is -0.477 e. The van der Waals surface area contributed by atoms with Crippen LogP contribution in [0.5, 0.6) is 5.88 Å². The molecular weight excluding hydrogens is 284 g/mol. The van der Waals surface area contributed by atoms with Gasteiger partial charge in [0.25, 0.3) is 5.91 Å². The highest BCUT2D eigenvalue weighted by molar-refractivity contribution is 5.94. The molecule has 0 radical (unpaired) electrons. The molecule has 7 nitrogen and oxygen atoms in total. The molecular formula is C15H18N4O3. The van der Waals surface area contributed by atoms with Crippen molar-refractivity contribution < 1.29 is 13.9 Å². The van der Waals surface area contributed by atoms with E-state index in [9.17, 15) is 4.79 Å². The number of carbonyl (C=O) groups excluding carboxylic acids is 1. The molecule has 0 saturated carbocycles. The number of furan rings is 1. The first-order valence-corrected chi connectivity index (χ1v) is 7.29. The Hall–Kier alpha value is -2.57. The molecule has 0 N–H and O–H groups in total. The molecule has 1 aliphatic rings.